The van der Waals surface area contributed by atoms with E-state index in [4.69, 9.17) is 6.42 Å². The summed E-state index contributed by atoms with van der Waals surface area (Å²) in [6, 6.07) is 0. The average molecular weight is 250 g/mol. The maximum absolute atomic E-state index is 11.7. The molecule has 18 heavy (non-hydrogen) atoms. The van der Waals surface area contributed by atoms with Crippen molar-refractivity contribution >= 4 is 11.6 Å². The summed E-state index contributed by atoms with van der Waals surface area (Å²) in [6.45, 7) is 3.49. The Hall–Kier alpha value is -2.36. The van der Waals surface area contributed by atoms with E-state index in [0.29, 0.717) is 6.42 Å². The molecule has 0 fully saturated rings. The Balaban J connectivity index is 2.65. The normalized spacial score (nSPS) is 13.4. The molecule has 0 aromatic carbocycles. The maximum atomic E-state index is 11.7. The molecule has 1 aromatic rings. The van der Waals surface area contributed by atoms with Gasteiger partial charge >= 0.3 is 5.69 Å². The number of carbonyl (C=O) groups excluding carboxylic acids is 1. The fraction of sp³-hybridized carbons (Fsp3) is 0.455. The molecule has 1 aromatic heterocycles. The molecule has 0 unspecified atom stereocenters. The Morgan fingerprint density at radius 2 is 2.44 bits per heavy atom. The second-order valence-electron chi connectivity index (χ2n) is 4.03. The van der Waals surface area contributed by atoms with Crippen molar-refractivity contribution in [3.63, 3.8) is 0 Å². The quantitative estimate of drug-likeness (QED) is 0.473. The smallest absolute Gasteiger partial charge is 0.307 e. The van der Waals surface area contributed by atoms with Crippen LogP contribution in [0, 0.1) is 22.5 Å². The van der Waals surface area contributed by atoms with E-state index < -0.39 is 10.5 Å². The van der Waals surface area contributed by atoms with E-state index in [2.05, 4.69) is 16.3 Å². The van der Waals surface area contributed by atoms with E-state index in [1.54, 1.807) is 6.92 Å². The van der Waals surface area contributed by atoms with Gasteiger partial charge in [-0.25, -0.2) is 0 Å². The Morgan fingerprint density at radius 1 is 1.78 bits per heavy atom. The first-order valence-corrected chi connectivity index (χ1v) is 5.36. The molecule has 1 rings (SSSR count). The molecule has 0 spiro atoms. The Bertz CT molecular complexity index is 503. The van der Waals surface area contributed by atoms with Gasteiger partial charge in [0, 0.05) is 0 Å². The molecule has 0 bridgehead atoms. The van der Waals surface area contributed by atoms with Gasteiger partial charge in [-0.3, -0.25) is 19.6 Å². The Morgan fingerprint density at radius 3 is 2.89 bits per heavy atom. The summed E-state index contributed by atoms with van der Waals surface area (Å²) in [6.07, 6.45) is 8.20. The van der Waals surface area contributed by atoms with E-state index in [1.165, 1.54) is 10.9 Å². The first kappa shape index (κ1) is 13.7. The highest BCUT2D eigenvalue weighted by atomic mass is 16.6. The third-order valence-electron chi connectivity index (χ3n) is 2.58. The van der Waals surface area contributed by atoms with Crippen molar-refractivity contribution in [2.75, 3.05) is 0 Å². The summed E-state index contributed by atoms with van der Waals surface area (Å²) in [5, 5.41) is 16.8. The van der Waals surface area contributed by atoms with Gasteiger partial charge in [-0.05, 0) is 13.3 Å². The molecule has 0 radical (unpaired) electrons. The van der Waals surface area contributed by atoms with E-state index in [9.17, 15) is 14.9 Å². The first-order chi connectivity index (χ1) is 8.40. The predicted molar refractivity (Wildman–Crippen MR) is 64.6 cm³/mol. The molecule has 0 aliphatic heterocycles. The largest absolute Gasteiger partial charge is 0.338 e. The Kier molecular flexibility index (Phi) is 4.05. The van der Waals surface area contributed by atoms with Gasteiger partial charge in [-0.1, -0.05) is 12.8 Å². The van der Waals surface area contributed by atoms with Gasteiger partial charge < -0.3 is 5.32 Å². The molecule has 0 aliphatic carbocycles. The van der Waals surface area contributed by atoms with Crippen LogP contribution in [0.15, 0.2) is 12.4 Å². The number of nitrogens with zero attached hydrogens (tertiary/aromatic N) is 3. The molecule has 0 saturated carbocycles. The summed E-state index contributed by atoms with van der Waals surface area (Å²) in [7, 11) is 0. The van der Waals surface area contributed by atoms with Gasteiger partial charge in [0.25, 0.3) is 0 Å². The number of amides is 1. The lowest BCUT2D eigenvalue weighted by Gasteiger charge is -2.23. The molecule has 0 saturated heterocycles. The topological polar surface area (TPSA) is 90.1 Å². The van der Waals surface area contributed by atoms with Gasteiger partial charge in [-0.15, -0.1) is 6.42 Å². The van der Waals surface area contributed by atoms with Crippen LogP contribution >= 0.6 is 0 Å². The number of hydrogen-bond donors (Lipinski definition) is 1. The van der Waals surface area contributed by atoms with Crippen molar-refractivity contribution in [3.05, 3.63) is 22.5 Å². The van der Waals surface area contributed by atoms with E-state index in [-0.39, 0.29) is 18.1 Å². The summed E-state index contributed by atoms with van der Waals surface area (Å²) in [4.78, 5) is 21.6. The molecule has 1 heterocycles. The maximum Gasteiger partial charge on any atom is 0.307 e. The minimum Gasteiger partial charge on any atom is -0.338 e. The molecule has 1 atom stereocenters. The van der Waals surface area contributed by atoms with Crippen LogP contribution in [0.3, 0.4) is 0 Å². The standard InChI is InChI=1S/C11H14N4O3/c1-4-11(3,5-2)13-10(16)8-14-7-9(6-12-14)15(17)18/h1,6-7H,5,8H2,2-3H3,(H,13,16)/t11-/m1/s1. The van der Waals surface area contributed by atoms with Crippen LogP contribution < -0.4 is 5.32 Å². The van der Waals surface area contributed by atoms with Crippen molar-refractivity contribution in [3.8, 4) is 12.3 Å². The predicted octanol–water partition coefficient (Wildman–Crippen LogP) is 0.709. The van der Waals surface area contributed by atoms with Gasteiger partial charge in [0.1, 0.15) is 18.9 Å². The molecule has 7 nitrogen and oxygen atoms in total. The lowest BCUT2D eigenvalue weighted by Crippen LogP contribution is -2.45. The van der Waals surface area contributed by atoms with Gasteiger partial charge in [0.15, 0.2) is 0 Å². The summed E-state index contributed by atoms with van der Waals surface area (Å²) in [5.41, 5.74) is -0.867. The molecule has 96 valence electrons. The van der Waals surface area contributed by atoms with Gasteiger partial charge in [0.2, 0.25) is 5.91 Å². The van der Waals surface area contributed by atoms with Crippen LogP contribution in [0.2, 0.25) is 0 Å². The summed E-state index contributed by atoms with van der Waals surface area (Å²) < 4.78 is 1.19. The number of nitro groups is 1. The van der Waals surface area contributed by atoms with Crippen molar-refractivity contribution in [2.45, 2.75) is 32.4 Å². The lowest BCUT2D eigenvalue weighted by molar-refractivity contribution is -0.385. The molecular weight excluding hydrogens is 236 g/mol. The number of terminal acetylenes is 1. The number of rotatable bonds is 5. The first-order valence-electron chi connectivity index (χ1n) is 5.36. The molecule has 0 aliphatic rings. The van der Waals surface area contributed by atoms with Crippen molar-refractivity contribution in [1.29, 1.82) is 0 Å². The summed E-state index contributed by atoms with van der Waals surface area (Å²) in [5.74, 6) is 2.16. The van der Waals surface area contributed by atoms with Crippen LogP contribution in [-0.4, -0.2) is 26.1 Å². The van der Waals surface area contributed by atoms with Crippen molar-refractivity contribution in [1.82, 2.24) is 15.1 Å². The second kappa shape index (κ2) is 5.31. The molecule has 1 amide bonds. The third-order valence-corrected chi connectivity index (χ3v) is 2.58. The van der Waals surface area contributed by atoms with Crippen LogP contribution in [0.1, 0.15) is 20.3 Å². The zero-order valence-corrected chi connectivity index (χ0v) is 10.2. The fourth-order valence-electron chi connectivity index (χ4n) is 1.25. The SMILES string of the molecule is C#C[C@](C)(CC)NC(=O)Cn1cc([N+](=O)[O-])cn1. The second-order valence-corrected chi connectivity index (χ2v) is 4.03. The molecular formula is C11H14N4O3. The Labute approximate surface area is 104 Å². The zero-order chi connectivity index (χ0) is 13.8. The lowest BCUT2D eigenvalue weighted by atomic mass is 10.0. The van der Waals surface area contributed by atoms with E-state index in [1.807, 2.05) is 6.92 Å². The van der Waals surface area contributed by atoms with Gasteiger partial charge in [0.05, 0.1) is 10.5 Å². The van der Waals surface area contributed by atoms with Crippen LogP contribution in [0.4, 0.5) is 5.69 Å². The number of aromatic nitrogens is 2. The minimum atomic E-state index is -0.712. The van der Waals surface area contributed by atoms with Gasteiger partial charge in [-0.2, -0.15) is 5.10 Å². The van der Waals surface area contributed by atoms with Crippen LogP contribution in [-0.2, 0) is 11.3 Å². The molecule has 1 N–H and O–H groups in total. The van der Waals surface area contributed by atoms with Crippen molar-refractivity contribution < 1.29 is 9.72 Å². The van der Waals surface area contributed by atoms with Crippen LogP contribution in [0.25, 0.3) is 0 Å². The summed E-state index contributed by atoms with van der Waals surface area (Å²) >= 11 is 0. The fourth-order valence-corrected chi connectivity index (χ4v) is 1.25. The monoisotopic (exact) mass is 250 g/mol. The van der Waals surface area contributed by atoms with Crippen LogP contribution in [0.5, 0.6) is 0 Å². The average Bonchev–Trinajstić information content (AvgIpc) is 2.77. The molecule has 7 heteroatoms. The highest BCUT2D eigenvalue weighted by Gasteiger charge is 2.21. The van der Waals surface area contributed by atoms with E-state index >= 15 is 0 Å². The zero-order valence-electron chi connectivity index (χ0n) is 10.2. The minimum absolute atomic E-state index is 0.106. The van der Waals surface area contributed by atoms with E-state index in [0.717, 1.165) is 6.20 Å². The highest BCUT2D eigenvalue weighted by molar-refractivity contribution is 5.77. The number of carbonyl (C=O) groups is 1. The number of hydrogen-bond acceptors (Lipinski definition) is 4. The number of nitrogens with one attached hydrogen (secondary N) is 1. The van der Waals surface area contributed by atoms with Crippen molar-refractivity contribution in [2.24, 2.45) is 0 Å². The third kappa shape index (κ3) is 3.31. The highest BCUT2D eigenvalue weighted by Crippen LogP contribution is 2.09.